The molecule has 0 spiro atoms. The van der Waals surface area contributed by atoms with Gasteiger partial charge in [-0.05, 0) is 19.3 Å². The number of hydrogen-bond donors (Lipinski definition) is 0. The maximum Gasteiger partial charge on any atom is 0.220 e. The lowest BCUT2D eigenvalue weighted by atomic mass is 10.2. The van der Waals surface area contributed by atoms with Gasteiger partial charge in [0.2, 0.25) is 5.89 Å². The summed E-state index contributed by atoms with van der Waals surface area (Å²) >= 11 is 0. The number of ether oxygens (including phenoxy) is 2. The van der Waals surface area contributed by atoms with E-state index >= 15 is 0 Å². The molecule has 2 heterocycles. The fraction of sp³-hybridized carbons (Fsp3) is 0.667. The van der Waals surface area contributed by atoms with Crippen LogP contribution in [0.15, 0.2) is 16.9 Å². The third kappa shape index (κ3) is 2.54. The smallest absolute Gasteiger partial charge is 0.220 e. The Morgan fingerprint density at radius 3 is 3.23 bits per heavy atom. The Kier molecular flexibility index (Phi) is 2.94. The Bertz CT molecular complexity index is 229. The average molecular weight is 183 g/mol. The Morgan fingerprint density at radius 1 is 1.54 bits per heavy atom. The topological polar surface area (TPSA) is 44.5 Å². The van der Waals surface area contributed by atoms with E-state index in [1.165, 1.54) is 6.42 Å². The SMILES string of the molecule is c1coc(COC2CCCCO2)n1. The van der Waals surface area contributed by atoms with Crippen LogP contribution in [0.4, 0.5) is 0 Å². The average Bonchev–Trinajstić information content (AvgIpc) is 2.69. The number of hydrogen-bond acceptors (Lipinski definition) is 4. The summed E-state index contributed by atoms with van der Waals surface area (Å²) in [5, 5.41) is 0. The second kappa shape index (κ2) is 4.39. The van der Waals surface area contributed by atoms with E-state index in [9.17, 15) is 0 Å². The van der Waals surface area contributed by atoms with Gasteiger partial charge >= 0.3 is 0 Å². The maximum absolute atomic E-state index is 5.45. The molecule has 13 heavy (non-hydrogen) atoms. The highest BCUT2D eigenvalue weighted by atomic mass is 16.7. The van der Waals surface area contributed by atoms with Crippen LogP contribution in [-0.2, 0) is 16.1 Å². The molecular formula is C9H13NO3. The largest absolute Gasteiger partial charge is 0.446 e. The molecule has 0 bridgehead atoms. The summed E-state index contributed by atoms with van der Waals surface area (Å²) in [6, 6.07) is 0. The lowest BCUT2D eigenvalue weighted by Crippen LogP contribution is -2.22. The summed E-state index contributed by atoms with van der Waals surface area (Å²) in [6.45, 7) is 1.20. The van der Waals surface area contributed by atoms with Gasteiger partial charge in [-0.2, -0.15) is 0 Å². The fourth-order valence-corrected chi connectivity index (χ4v) is 1.33. The quantitative estimate of drug-likeness (QED) is 0.715. The molecular weight excluding hydrogens is 170 g/mol. The standard InChI is InChI=1S/C9H13NO3/c1-2-5-12-9(3-1)13-7-8-10-4-6-11-8/h4,6,9H,1-3,5,7H2. The minimum atomic E-state index is -0.0688. The van der Waals surface area contributed by atoms with Crippen LogP contribution in [0.25, 0.3) is 0 Å². The van der Waals surface area contributed by atoms with E-state index in [0.29, 0.717) is 12.5 Å². The first-order valence-electron chi connectivity index (χ1n) is 4.57. The molecule has 72 valence electrons. The second-order valence-corrected chi connectivity index (χ2v) is 3.03. The van der Waals surface area contributed by atoms with Crippen LogP contribution in [-0.4, -0.2) is 17.9 Å². The zero-order chi connectivity index (χ0) is 8.93. The van der Waals surface area contributed by atoms with Gasteiger partial charge < -0.3 is 13.9 Å². The van der Waals surface area contributed by atoms with Gasteiger partial charge in [0.05, 0.1) is 6.20 Å². The molecule has 1 atom stereocenters. The van der Waals surface area contributed by atoms with Crippen LogP contribution in [0.3, 0.4) is 0 Å². The van der Waals surface area contributed by atoms with Crippen molar-refractivity contribution in [3.05, 3.63) is 18.4 Å². The van der Waals surface area contributed by atoms with Gasteiger partial charge in [-0.25, -0.2) is 4.98 Å². The predicted octanol–water partition coefficient (Wildman–Crippen LogP) is 1.72. The number of aromatic nitrogens is 1. The number of oxazole rings is 1. The van der Waals surface area contributed by atoms with Crippen LogP contribution in [0.5, 0.6) is 0 Å². The normalized spacial score (nSPS) is 23.2. The first-order valence-corrected chi connectivity index (χ1v) is 4.57. The van der Waals surface area contributed by atoms with Crippen LogP contribution >= 0.6 is 0 Å². The van der Waals surface area contributed by atoms with E-state index < -0.39 is 0 Å². The minimum absolute atomic E-state index is 0.0688. The number of nitrogens with zero attached hydrogens (tertiary/aromatic N) is 1. The molecule has 0 aromatic carbocycles. The highest BCUT2D eigenvalue weighted by Gasteiger charge is 2.14. The summed E-state index contributed by atoms with van der Waals surface area (Å²) in [7, 11) is 0. The van der Waals surface area contributed by atoms with Crippen molar-refractivity contribution >= 4 is 0 Å². The Hall–Kier alpha value is -0.870. The van der Waals surface area contributed by atoms with Crippen LogP contribution < -0.4 is 0 Å². The molecule has 1 aliphatic rings. The van der Waals surface area contributed by atoms with Crippen LogP contribution in [0, 0.1) is 0 Å². The van der Waals surface area contributed by atoms with Crippen LogP contribution in [0.2, 0.25) is 0 Å². The second-order valence-electron chi connectivity index (χ2n) is 3.03. The first-order chi connectivity index (χ1) is 6.45. The molecule has 1 unspecified atom stereocenters. The van der Waals surface area contributed by atoms with Gasteiger partial charge in [0, 0.05) is 6.61 Å². The highest BCUT2D eigenvalue weighted by Crippen LogP contribution is 2.14. The molecule has 1 aromatic heterocycles. The Morgan fingerprint density at radius 2 is 2.54 bits per heavy atom. The van der Waals surface area contributed by atoms with Gasteiger partial charge in [0.15, 0.2) is 6.29 Å². The molecule has 4 heteroatoms. The molecule has 0 radical (unpaired) electrons. The predicted molar refractivity (Wildman–Crippen MR) is 44.9 cm³/mol. The molecule has 1 fully saturated rings. The van der Waals surface area contributed by atoms with Gasteiger partial charge in [0.1, 0.15) is 12.9 Å². The lowest BCUT2D eigenvalue weighted by Gasteiger charge is -2.21. The Balaban J connectivity index is 1.72. The molecule has 2 rings (SSSR count). The van der Waals surface area contributed by atoms with E-state index in [-0.39, 0.29) is 6.29 Å². The third-order valence-electron chi connectivity index (χ3n) is 2.01. The van der Waals surface area contributed by atoms with Crippen molar-refractivity contribution in [1.29, 1.82) is 0 Å². The zero-order valence-electron chi connectivity index (χ0n) is 7.44. The van der Waals surface area contributed by atoms with Crippen molar-refractivity contribution in [2.75, 3.05) is 6.61 Å². The number of rotatable bonds is 3. The van der Waals surface area contributed by atoms with Gasteiger partial charge in [-0.3, -0.25) is 0 Å². The summed E-state index contributed by atoms with van der Waals surface area (Å²) in [5.74, 6) is 0.606. The summed E-state index contributed by atoms with van der Waals surface area (Å²) < 4.78 is 15.9. The van der Waals surface area contributed by atoms with E-state index in [0.717, 1.165) is 19.4 Å². The van der Waals surface area contributed by atoms with Crippen molar-refractivity contribution in [3.8, 4) is 0 Å². The van der Waals surface area contributed by atoms with E-state index in [4.69, 9.17) is 13.9 Å². The van der Waals surface area contributed by atoms with E-state index in [2.05, 4.69) is 4.98 Å². The van der Waals surface area contributed by atoms with Crippen molar-refractivity contribution in [1.82, 2.24) is 4.98 Å². The fourth-order valence-electron chi connectivity index (χ4n) is 1.33. The summed E-state index contributed by atoms with van der Waals surface area (Å²) in [6.07, 6.45) is 6.37. The van der Waals surface area contributed by atoms with Crippen LogP contribution in [0.1, 0.15) is 25.2 Å². The van der Waals surface area contributed by atoms with Gasteiger partial charge in [0.25, 0.3) is 0 Å². The van der Waals surface area contributed by atoms with Crippen molar-refractivity contribution in [2.45, 2.75) is 32.2 Å². The molecule has 1 saturated heterocycles. The Labute approximate surface area is 76.9 Å². The molecule has 4 nitrogen and oxygen atoms in total. The highest BCUT2D eigenvalue weighted by molar-refractivity contribution is 4.76. The molecule has 0 amide bonds. The lowest BCUT2D eigenvalue weighted by molar-refractivity contribution is -0.172. The van der Waals surface area contributed by atoms with Gasteiger partial charge in [-0.15, -0.1) is 0 Å². The zero-order valence-corrected chi connectivity index (χ0v) is 7.44. The van der Waals surface area contributed by atoms with E-state index in [1.807, 2.05) is 0 Å². The third-order valence-corrected chi connectivity index (χ3v) is 2.01. The molecule has 1 aromatic rings. The monoisotopic (exact) mass is 183 g/mol. The van der Waals surface area contributed by atoms with Crippen molar-refractivity contribution in [3.63, 3.8) is 0 Å². The van der Waals surface area contributed by atoms with Gasteiger partial charge in [-0.1, -0.05) is 0 Å². The molecule has 0 saturated carbocycles. The molecule has 1 aliphatic heterocycles. The summed E-state index contributed by atoms with van der Waals surface area (Å²) in [5.41, 5.74) is 0. The van der Waals surface area contributed by atoms with Crippen molar-refractivity contribution in [2.24, 2.45) is 0 Å². The van der Waals surface area contributed by atoms with E-state index in [1.54, 1.807) is 12.5 Å². The minimum Gasteiger partial charge on any atom is -0.446 e. The first kappa shape index (κ1) is 8.72. The molecule has 0 N–H and O–H groups in total. The molecule has 0 aliphatic carbocycles. The maximum atomic E-state index is 5.45. The summed E-state index contributed by atoms with van der Waals surface area (Å²) in [4.78, 5) is 3.95. The van der Waals surface area contributed by atoms with Crippen molar-refractivity contribution < 1.29 is 13.9 Å².